The number of aryl methyl sites for hydroxylation is 1. The lowest BCUT2D eigenvalue weighted by molar-refractivity contribution is -0.386. The molecule has 1 atom stereocenters. The Morgan fingerprint density at radius 2 is 1.79 bits per heavy atom. The molecule has 0 fully saturated rings. The predicted molar refractivity (Wildman–Crippen MR) is 121 cm³/mol. The van der Waals surface area contributed by atoms with Crippen molar-refractivity contribution in [3.63, 3.8) is 0 Å². The number of hydrogen-bond acceptors (Lipinski definition) is 7. The molecule has 1 N–H and O–H groups in total. The van der Waals surface area contributed by atoms with Crippen LogP contribution in [-0.2, 0) is 14.9 Å². The number of carbonyl (C=O) groups is 1. The second-order valence-electron chi connectivity index (χ2n) is 7.66. The van der Waals surface area contributed by atoms with Crippen molar-refractivity contribution in [3.8, 4) is 11.5 Å². The number of fused-ring (bicyclic) bond motifs is 1. The lowest BCUT2D eigenvalue weighted by Crippen LogP contribution is -2.18. The summed E-state index contributed by atoms with van der Waals surface area (Å²) in [5.41, 5.74) is 0.543. The van der Waals surface area contributed by atoms with E-state index >= 15 is 0 Å². The molecule has 0 bridgehead atoms. The summed E-state index contributed by atoms with van der Waals surface area (Å²) in [5.74, 6) is -0.391. The number of ether oxygens (including phenoxy) is 2. The average Bonchev–Trinajstić information content (AvgIpc) is 2.75. The summed E-state index contributed by atoms with van der Waals surface area (Å²) in [4.78, 5) is 22.1. The van der Waals surface area contributed by atoms with Crippen molar-refractivity contribution < 1.29 is 32.2 Å². The minimum atomic E-state index is -4.66. The van der Waals surface area contributed by atoms with E-state index < -0.39 is 38.2 Å². The number of hydrogen-bond donors (Lipinski definition) is 1. The van der Waals surface area contributed by atoms with E-state index in [9.17, 15) is 27.9 Å². The molecule has 10 heteroatoms. The van der Waals surface area contributed by atoms with Crippen LogP contribution in [0.3, 0.4) is 0 Å². The van der Waals surface area contributed by atoms with Gasteiger partial charge < -0.3 is 9.47 Å². The van der Waals surface area contributed by atoms with E-state index in [2.05, 4.69) is 19.9 Å². The van der Waals surface area contributed by atoms with Crippen LogP contribution < -0.4 is 9.47 Å². The fraction of sp³-hybridized carbons (Fsp3) is 0.261. The van der Waals surface area contributed by atoms with Gasteiger partial charge in [-0.3, -0.25) is 14.7 Å². The van der Waals surface area contributed by atoms with Gasteiger partial charge >= 0.3 is 11.7 Å². The molecule has 174 valence electrons. The van der Waals surface area contributed by atoms with Gasteiger partial charge in [-0.15, -0.1) is 0 Å². The predicted octanol–water partition coefficient (Wildman–Crippen LogP) is 4.80. The maximum absolute atomic E-state index is 12.2. The van der Waals surface area contributed by atoms with E-state index in [1.54, 1.807) is 12.1 Å². The molecule has 0 heterocycles. The molecular formula is C23H23NO8S. The van der Waals surface area contributed by atoms with Crippen LogP contribution in [0.15, 0.2) is 53.4 Å². The first-order valence-corrected chi connectivity index (χ1v) is 11.6. The first-order chi connectivity index (χ1) is 15.5. The van der Waals surface area contributed by atoms with Crippen molar-refractivity contribution in [3.05, 3.63) is 69.8 Å². The van der Waals surface area contributed by atoms with Crippen LogP contribution in [0.5, 0.6) is 11.5 Å². The highest BCUT2D eigenvalue weighted by atomic mass is 32.2. The van der Waals surface area contributed by atoms with Gasteiger partial charge in [0.25, 0.3) is 10.1 Å². The van der Waals surface area contributed by atoms with Crippen LogP contribution in [0.25, 0.3) is 10.8 Å². The molecule has 0 aliphatic rings. The Balaban J connectivity index is 1.74. The van der Waals surface area contributed by atoms with Crippen LogP contribution in [-0.4, -0.2) is 30.5 Å². The number of nitro groups is 1. The Morgan fingerprint density at radius 3 is 2.42 bits per heavy atom. The first-order valence-electron chi connectivity index (χ1n) is 10.1. The molecule has 0 aromatic heterocycles. The Morgan fingerprint density at radius 1 is 1.12 bits per heavy atom. The van der Waals surface area contributed by atoms with Crippen molar-refractivity contribution in [1.29, 1.82) is 0 Å². The number of carbonyl (C=O) groups excluding carboxylic acids is 1. The monoisotopic (exact) mass is 473 g/mol. The molecule has 0 spiro atoms. The van der Waals surface area contributed by atoms with E-state index in [4.69, 9.17) is 9.47 Å². The van der Waals surface area contributed by atoms with Crippen LogP contribution in [0.2, 0.25) is 0 Å². The maximum atomic E-state index is 12.2. The Kier molecular flexibility index (Phi) is 6.99. The van der Waals surface area contributed by atoms with E-state index in [-0.39, 0.29) is 11.3 Å². The first kappa shape index (κ1) is 24.1. The summed E-state index contributed by atoms with van der Waals surface area (Å²) in [6.45, 7) is 4.97. The molecule has 3 rings (SSSR count). The zero-order chi connectivity index (χ0) is 24.3. The van der Waals surface area contributed by atoms with Crippen molar-refractivity contribution in [2.75, 3.05) is 6.61 Å². The Bertz CT molecular complexity index is 1330. The number of rotatable bonds is 8. The van der Waals surface area contributed by atoms with Crippen LogP contribution in [0.4, 0.5) is 5.69 Å². The van der Waals surface area contributed by atoms with Gasteiger partial charge in [0, 0.05) is 6.07 Å². The van der Waals surface area contributed by atoms with Crippen LogP contribution in [0, 0.1) is 17.0 Å². The van der Waals surface area contributed by atoms with Gasteiger partial charge in [-0.05, 0) is 59.4 Å². The number of benzene rings is 3. The number of esters is 1. The molecule has 0 saturated heterocycles. The smallest absolute Gasteiger partial charge is 0.349 e. The molecule has 0 aliphatic carbocycles. The molecular weight excluding hydrogens is 450 g/mol. The molecule has 9 nitrogen and oxygen atoms in total. The van der Waals surface area contributed by atoms with Gasteiger partial charge in [0.15, 0.2) is 12.4 Å². The summed E-state index contributed by atoms with van der Waals surface area (Å²) in [6.07, 6.45) is 1.03. The van der Waals surface area contributed by atoms with E-state index in [0.717, 1.165) is 23.3 Å². The summed E-state index contributed by atoms with van der Waals surface area (Å²) in [7, 11) is -4.66. The van der Waals surface area contributed by atoms with Gasteiger partial charge in [-0.2, -0.15) is 8.42 Å². The second-order valence-corrected chi connectivity index (χ2v) is 9.05. The van der Waals surface area contributed by atoms with Crippen LogP contribution in [0.1, 0.15) is 37.3 Å². The normalized spacial score (nSPS) is 12.4. The van der Waals surface area contributed by atoms with Crippen molar-refractivity contribution in [2.45, 2.75) is 38.0 Å². The molecule has 0 saturated carbocycles. The largest absolute Gasteiger partial charge is 0.475 e. The van der Waals surface area contributed by atoms with Crippen molar-refractivity contribution in [1.82, 2.24) is 0 Å². The number of nitrogens with zero attached hydrogens (tertiary/aromatic N) is 1. The van der Waals surface area contributed by atoms with E-state index in [1.807, 2.05) is 18.2 Å². The lowest BCUT2D eigenvalue weighted by atomic mass is 9.96. The molecule has 0 aliphatic heterocycles. The van der Waals surface area contributed by atoms with Crippen LogP contribution >= 0.6 is 0 Å². The highest BCUT2D eigenvalue weighted by Gasteiger charge is 2.24. The maximum Gasteiger partial charge on any atom is 0.349 e. The lowest BCUT2D eigenvalue weighted by Gasteiger charge is -2.11. The molecule has 3 aromatic carbocycles. The highest BCUT2D eigenvalue weighted by molar-refractivity contribution is 7.85. The summed E-state index contributed by atoms with van der Waals surface area (Å²) in [5, 5.41) is 13.2. The van der Waals surface area contributed by atoms with Gasteiger partial charge in [-0.25, -0.2) is 4.79 Å². The van der Waals surface area contributed by atoms with Gasteiger partial charge in [0.2, 0.25) is 0 Å². The molecule has 0 amide bonds. The molecule has 1 unspecified atom stereocenters. The summed E-state index contributed by atoms with van der Waals surface area (Å²) >= 11 is 0. The van der Waals surface area contributed by atoms with Gasteiger partial charge in [-0.1, -0.05) is 38.1 Å². The molecule has 33 heavy (non-hydrogen) atoms. The van der Waals surface area contributed by atoms with E-state index in [0.29, 0.717) is 17.7 Å². The second kappa shape index (κ2) is 9.55. The Labute approximate surface area is 190 Å². The quantitative estimate of drug-likeness (QED) is 0.162. The van der Waals surface area contributed by atoms with Gasteiger partial charge in [0.05, 0.1) is 4.92 Å². The topological polar surface area (TPSA) is 133 Å². The Hall–Kier alpha value is -3.50. The fourth-order valence-corrected chi connectivity index (χ4v) is 4.06. The average molecular weight is 474 g/mol. The minimum absolute atomic E-state index is 0.0257. The number of nitro benzene ring substituents is 1. The zero-order valence-electron chi connectivity index (χ0n) is 18.3. The highest BCUT2D eigenvalue weighted by Crippen LogP contribution is 2.32. The third-order valence-corrected chi connectivity index (χ3v) is 6.32. The van der Waals surface area contributed by atoms with Gasteiger partial charge in [0.1, 0.15) is 10.6 Å². The molecule has 3 aromatic rings. The van der Waals surface area contributed by atoms with E-state index in [1.165, 1.54) is 12.5 Å². The third-order valence-electron chi connectivity index (χ3n) is 5.33. The zero-order valence-corrected chi connectivity index (χ0v) is 19.1. The standard InChI is InChI=1S/C23H23NO8S/c1-4-14(2)16-5-6-18-11-19(8-7-17(18)10-16)32-23(25)13-31-21-9-15(3)22(33(28,29)30)12-20(21)24(26)27/h5-12,14H,4,13H2,1-3H3,(H,28,29,30). The SMILES string of the molecule is CCC(C)c1ccc2cc(OC(=O)COc3cc(C)c(S(=O)(=O)O)cc3[N+](=O)[O-])ccc2c1. The summed E-state index contributed by atoms with van der Waals surface area (Å²) < 4.78 is 42.5. The van der Waals surface area contributed by atoms with Crippen molar-refractivity contribution >= 4 is 32.5 Å². The minimum Gasteiger partial charge on any atom is -0.475 e. The van der Waals surface area contributed by atoms with Crippen molar-refractivity contribution in [2.24, 2.45) is 0 Å². The fourth-order valence-electron chi connectivity index (χ4n) is 3.33. The third kappa shape index (κ3) is 5.65. The molecule has 0 radical (unpaired) electrons. The summed E-state index contributed by atoms with van der Waals surface area (Å²) in [6, 6.07) is 13.0.